The van der Waals surface area contributed by atoms with Crippen LogP contribution in [0.15, 0.2) is 91.0 Å². The average Bonchev–Trinajstić information content (AvgIpc) is 3.06. The van der Waals surface area contributed by atoms with Crippen molar-refractivity contribution in [2.45, 2.75) is 58.2 Å². The van der Waals surface area contributed by atoms with Crippen LogP contribution < -0.4 is 9.47 Å². The Hall–Kier alpha value is -4.84. The first kappa shape index (κ1) is 28.6. The highest BCUT2D eigenvalue weighted by Crippen LogP contribution is 2.56. The van der Waals surface area contributed by atoms with Gasteiger partial charge in [-0.2, -0.15) is 0 Å². The molecule has 2 heterocycles. The van der Waals surface area contributed by atoms with E-state index in [1.165, 1.54) is 18.1 Å². The molecule has 1 fully saturated rings. The molecule has 0 spiro atoms. The fourth-order valence-electron chi connectivity index (χ4n) is 7.68. The fraction of sp³-hybridized carbons (Fsp3) is 0.275. The number of aromatic nitrogens is 2. The van der Waals surface area contributed by atoms with Gasteiger partial charge >= 0.3 is 0 Å². The Morgan fingerprint density at radius 2 is 1.59 bits per heavy atom. The predicted molar refractivity (Wildman–Crippen MR) is 179 cm³/mol. The largest absolute Gasteiger partial charge is 0.489 e. The van der Waals surface area contributed by atoms with Crippen molar-refractivity contribution in [3.8, 4) is 11.5 Å². The maximum Gasteiger partial charge on any atom is 0.193 e. The second kappa shape index (κ2) is 10.9. The van der Waals surface area contributed by atoms with Crippen LogP contribution in [0.1, 0.15) is 73.0 Å². The predicted octanol–water partition coefficient (Wildman–Crippen LogP) is 9.58. The summed E-state index contributed by atoms with van der Waals surface area (Å²) in [4.78, 5) is 24.0. The van der Waals surface area contributed by atoms with Crippen LogP contribution in [0.2, 0.25) is 0 Å². The second-order valence-electron chi connectivity index (χ2n) is 13.5. The lowest BCUT2D eigenvalue weighted by atomic mass is 9.64. The zero-order valence-corrected chi connectivity index (χ0v) is 26.2. The molecule has 1 aliphatic heterocycles. The molecule has 0 N–H and O–H groups in total. The van der Waals surface area contributed by atoms with Crippen LogP contribution in [0.4, 0.5) is 4.39 Å². The van der Waals surface area contributed by atoms with E-state index in [2.05, 4.69) is 39.0 Å². The molecule has 1 aromatic heterocycles. The summed E-state index contributed by atoms with van der Waals surface area (Å²) in [5.41, 5.74) is 5.66. The Morgan fingerprint density at radius 1 is 0.870 bits per heavy atom. The normalized spacial score (nSPS) is 20.2. The summed E-state index contributed by atoms with van der Waals surface area (Å²) in [6.07, 6.45) is 3.46. The molecule has 230 valence electrons. The first-order valence-electron chi connectivity index (χ1n) is 16.1. The van der Waals surface area contributed by atoms with Crippen LogP contribution in [0.25, 0.3) is 32.8 Å². The molecular formula is C40H35FN2O3. The van der Waals surface area contributed by atoms with Crippen molar-refractivity contribution in [2.75, 3.05) is 0 Å². The molecule has 1 saturated carbocycles. The van der Waals surface area contributed by atoms with E-state index in [1.54, 1.807) is 42.5 Å². The number of hydrogen-bond donors (Lipinski definition) is 0. The number of rotatable bonds is 5. The quantitative estimate of drug-likeness (QED) is 0.111. The van der Waals surface area contributed by atoms with Crippen molar-refractivity contribution >= 4 is 38.6 Å². The number of hydrogen-bond acceptors (Lipinski definition) is 5. The van der Waals surface area contributed by atoms with Crippen LogP contribution in [0, 0.1) is 17.7 Å². The van der Waals surface area contributed by atoms with Crippen molar-refractivity contribution in [2.24, 2.45) is 11.8 Å². The van der Waals surface area contributed by atoms with Gasteiger partial charge in [-0.15, -0.1) is 0 Å². The first-order valence-corrected chi connectivity index (χ1v) is 16.1. The van der Waals surface area contributed by atoms with Crippen molar-refractivity contribution in [3.05, 3.63) is 119 Å². The number of benzene rings is 5. The third-order valence-electron chi connectivity index (χ3n) is 10.1. The monoisotopic (exact) mass is 610 g/mol. The Labute approximate surface area is 267 Å². The molecule has 6 aromatic rings. The fourth-order valence-corrected chi connectivity index (χ4v) is 7.68. The number of carbonyl (C=O) groups excluding carboxylic acids is 1. The van der Waals surface area contributed by atoms with Gasteiger partial charge in [0.15, 0.2) is 5.78 Å². The highest BCUT2D eigenvalue weighted by Gasteiger charge is 2.47. The third kappa shape index (κ3) is 4.79. The molecule has 6 heteroatoms. The SMILES string of the molecule is CC1CCC2C(C1)c1c(c3ccccc3c3nc4cc(C(=O)c5ccc(OCc6ccccc6F)cc5)ccc4nc13)OC2(C)C. The van der Waals surface area contributed by atoms with E-state index in [-0.39, 0.29) is 23.8 Å². The maximum atomic E-state index is 14.0. The lowest BCUT2D eigenvalue weighted by molar-refractivity contribution is -0.0115. The minimum Gasteiger partial charge on any atom is -0.489 e. The lowest BCUT2D eigenvalue weighted by Crippen LogP contribution is -2.46. The van der Waals surface area contributed by atoms with Gasteiger partial charge in [0.05, 0.1) is 22.1 Å². The summed E-state index contributed by atoms with van der Waals surface area (Å²) < 4.78 is 26.6. The number of ether oxygens (including phenoxy) is 2. The number of carbonyl (C=O) groups is 1. The van der Waals surface area contributed by atoms with Gasteiger partial charge in [-0.1, -0.05) is 55.8 Å². The highest BCUT2D eigenvalue weighted by atomic mass is 19.1. The van der Waals surface area contributed by atoms with Crippen LogP contribution in [0.3, 0.4) is 0 Å². The molecule has 5 nitrogen and oxygen atoms in total. The van der Waals surface area contributed by atoms with E-state index in [9.17, 15) is 9.18 Å². The Bertz CT molecular complexity index is 2160. The molecule has 46 heavy (non-hydrogen) atoms. The standard InChI is InChI=1S/C40H35FN2O3/c1-23-12-18-31-30(20-23)35-37-36(28-9-5-6-10-29(28)39(35)46-40(31,2)3)43-34-21-25(15-19-33(34)42-37)38(44)24-13-16-27(17-14-24)45-22-26-8-4-7-11-32(26)41/h4-11,13-17,19,21,23,30-31H,12,18,20,22H2,1-3H3. The van der Waals surface area contributed by atoms with E-state index >= 15 is 0 Å². The summed E-state index contributed by atoms with van der Waals surface area (Å²) in [5.74, 6) is 2.49. The van der Waals surface area contributed by atoms with Crippen LogP contribution in [0.5, 0.6) is 11.5 Å². The van der Waals surface area contributed by atoms with Crippen molar-refractivity contribution in [3.63, 3.8) is 0 Å². The van der Waals surface area contributed by atoms with E-state index in [4.69, 9.17) is 19.4 Å². The summed E-state index contributed by atoms with van der Waals surface area (Å²) in [5, 5.41) is 2.07. The first-order chi connectivity index (χ1) is 22.3. The highest BCUT2D eigenvalue weighted by molar-refractivity contribution is 6.13. The minimum atomic E-state index is -0.306. The zero-order valence-electron chi connectivity index (χ0n) is 26.2. The number of halogens is 1. The van der Waals surface area contributed by atoms with Gasteiger partial charge < -0.3 is 9.47 Å². The lowest BCUT2D eigenvalue weighted by Gasteiger charge is -2.49. The van der Waals surface area contributed by atoms with Gasteiger partial charge in [0.1, 0.15) is 29.5 Å². The molecule has 5 aromatic carbocycles. The molecule has 0 saturated heterocycles. The number of fused-ring (bicyclic) bond motifs is 9. The Morgan fingerprint density at radius 3 is 2.39 bits per heavy atom. The van der Waals surface area contributed by atoms with Gasteiger partial charge in [0, 0.05) is 38.9 Å². The van der Waals surface area contributed by atoms with Gasteiger partial charge in [-0.05, 0) is 87.1 Å². The third-order valence-corrected chi connectivity index (χ3v) is 10.1. The van der Waals surface area contributed by atoms with E-state index in [0.717, 1.165) is 45.9 Å². The van der Waals surface area contributed by atoms with Crippen LogP contribution >= 0.6 is 0 Å². The van der Waals surface area contributed by atoms with Crippen molar-refractivity contribution in [1.82, 2.24) is 9.97 Å². The molecule has 2 aliphatic rings. The van der Waals surface area contributed by atoms with E-state index < -0.39 is 0 Å². The zero-order chi connectivity index (χ0) is 31.6. The van der Waals surface area contributed by atoms with Crippen LogP contribution in [-0.2, 0) is 6.61 Å². The smallest absolute Gasteiger partial charge is 0.193 e. The average molecular weight is 611 g/mol. The molecule has 3 atom stereocenters. The van der Waals surface area contributed by atoms with Gasteiger partial charge in [-0.25, -0.2) is 14.4 Å². The minimum absolute atomic E-state index is 0.111. The Kier molecular flexibility index (Phi) is 6.78. The summed E-state index contributed by atoms with van der Waals surface area (Å²) >= 11 is 0. The van der Waals surface area contributed by atoms with Gasteiger partial charge in [0.2, 0.25) is 0 Å². The van der Waals surface area contributed by atoms with Crippen molar-refractivity contribution in [1.29, 1.82) is 0 Å². The molecule has 8 rings (SSSR count). The van der Waals surface area contributed by atoms with E-state index in [1.807, 2.05) is 24.3 Å². The van der Waals surface area contributed by atoms with Gasteiger partial charge in [-0.3, -0.25) is 4.79 Å². The summed E-state index contributed by atoms with van der Waals surface area (Å²) in [6.45, 7) is 6.94. The molecule has 1 aliphatic carbocycles. The number of nitrogens with zero attached hydrogens (tertiary/aromatic N) is 2. The maximum absolute atomic E-state index is 14.0. The molecule has 0 amide bonds. The summed E-state index contributed by atoms with van der Waals surface area (Å²) in [7, 11) is 0. The van der Waals surface area contributed by atoms with E-state index in [0.29, 0.717) is 45.7 Å². The van der Waals surface area contributed by atoms with Crippen LogP contribution in [-0.4, -0.2) is 21.4 Å². The molecule has 0 bridgehead atoms. The topological polar surface area (TPSA) is 61.3 Å². The second-order valence-corrected chi connectivity index (χ2v) is 13.5. The molecule has 3 unspecified atom stereocenters. The molecular weight excluding hydrogens is 575 g/mol. The van der Waals surface area contributed by atoms with Crippen molar-refractivity contribution < 1.29 is 18.7 Å². The Balaban J connectivity index is 1.17. The molecule has 0 radical (unpaired) electrons. The van der Waals surface area contributed by atoms with Gasteiger partial charge in [0.25, 0.3) is 0 Å². The summed E-state index contributed by atoms with van der Waals surface area (Å²) in [6, 6.07) is 27.3. The number of ketones is 1.